The molecule has 6 heteroatoms. The zero-order valence-corrected chi connectivity index (χ0v) is 17.8. The zero-order valence-electron chi connectivity index (χ0n) is 14.3. The van der Waals surface area contributed by atoms with Crippen LogP contribution in [-0.4, -0.2) is 34.7 Å². The Balaban J connectivity index is 0.00000169. The molecule has 0 unspecified atom stereocenters. The molecule has 2 N–H and O–H groups in total. The van der Waals surface area contributed by atoms with Gasteiger partial charge >= 0.3 is 0 Å². The molecule has 4 nitrogen and oxygen atoms in total. The number of benzene rings is 2. The molecule has 0 aliphatic heterocycles. The maximum Gasteiger partial charge on any atom is 0.124 e. The molecule has 3 rings (SSSR count). The first kappa shape index (κ1) is 22.7. The van der Waals surface area contributed by atoms with Crippen molar-refractivity contribution < 1.29 is 51.6 Å². The van der Waals surface area contributed by atoms with Gasteiger partial charge in [0.25, 0.3) is 0 Å². The number of aliphatic imine (C=N–C) groups is 2. The summed E-state index contributed by atoms with van der Waals surface area (Å²) in [7, 11) is 0. The van der Waals surface area contributed by atoms with Gasteiger partial charge < -0.3 is 34.2 Å². The summed E-state index contributed by atoms with van der Waals surface area (Å²) in [5.74, 6) is 0.484. The maximum absolute atomic E-state index is 9.84. The first-order valence-corrected chi connectivity index (χ1v) is 8.36. The molecule has 1 fully saturated rings. The molecule has 1 aliphatic rings. The first-order valence-electron chi connectivity index (χ1n) is 8.36. The number of hydrogen-bond acceptors (Lipinski definition) is 4. The van der Waals surface area contributed by atoms with E-state index in [1.54, 1.807) is 36.7 Å². The Morgan fingerprint density at radius 1 is 0.731 bits per heavy atom. The van der Waals surface area contributed by atoms with Gasteiger partial charge in [-0.1, -0.05) is 37.1 Å². The Morgan fingerprint density at radius 3 is 1.50 bits per heavy atom. The summed E-state index contributed by atoms with van der Waals surface area (Å²) in [6.45, 7) is 0. The van der Waals surface area contributed by atoms with Crippen molar-refractivity contribution >= 4 is 12.4 Å². The normalized spacial score (nSPS) is 19.8. The van der Waals surface area contributed by atoms with Crippen LogP contribution in [0.25, 0.3) is 0 Å². The first-order chi connectivity index (χ1) is 11.7. The number of phenols is 2. The molecular formula is C20H22CrIN2O2-. The van der Waals surface area contributed by atoms with E-state index in [0.29, 0.717) is 0 Å². The molecular weight excluding hydrogens is 479 g/mol. The molecule has 1 aliphatic carbocycles. The summed E-state index contributed by atoms with van der Waals surface area (Å²) >= 11 is 0. The molecule has 2 aromatic carbocycles. The van der Waals surface area contributed by atoms with E-state index in [9.17, 15) is 10.2 Å². The van der Waals surface area contributed by atoms with Crippen LogP contribution in [0.2, 0.25) is 0 Å². The Bertz CT molecular complexity index is 689. The Labute approximate surface area is 182 Å². The predicted octanol–water partition coefficient (Wildman–Crippen LogP) is 0.948. The fourth-order valence-corrected chi connectivity index (χ4v) is 2.98. The van der Waals surface area contributed by atoms with Crippen LogP contribution in [0.3, 0.4) is 0 Å². The van der Waals surface area contributed by atoms with E-state index in [-0.39, 0.29) is 64.9 Å². The summed E-state index contributed by atoms with van der Waals surface area (Å²) < 4.78 is 0. The molecule has 0 radical (unpaired) electrons. The predicted molar refractivity (Wildman–Crippen MR) is 97.4 cm³/mol. The quantitative estimate of drug-likeness (QED) is 0.485. The maximum atomic E-state index is 9.84. The van der Waals surface area contributed by atoms with Gasteiger partial charge in [-0.15, -0.1) is 0 Å². The van der Waals surface area contributed by atoms with Gasteiger partial charge in [-0.2, -0.15) is 0 Å². The van der Waals surface area contributed by atoms with Crippen LogP contribution >= 0.6 is 0 Å². The molecule has 0 amide bonds. The Hall–Kier alpha value is -1.36. The van der Waals surface area contributed by atoms with Gasteiger partial charge in [-0.3, -0.25) is 9.98 Å². The van der Waals surface area contributed by atoms with Crippen LogP contribution in [0.5, 0.6) is 11.5 Å². The van der Waals surface area contributed by atoms with Gasteiger partial charge in [0.2, 0.25) is 0 Å². The fourth-order valence-electron chi connectivity index (χ4n) is 2.98. The van der Waals surface area contributed by atoms with Gasteiger partial charge in [0.05, 0.1) is 12.1 Å². The fraction of sp³-hybridized carbons (Fsp3) is 0.300. The summed E-state index contributed by atoms with van der Waals surface area (Å²) in [5, 5.41) is 19.7. The van der Waals surface area contributed by atoms with Gasteiger partial charge in [0, 0.05) is 40.9 Å². The minimum Gasteiger partial charge on any atom is -1.00 e. The van der Waals surface area contributed by atoms with Gasteiger partial charge in [-0.05, 0) is 37.1 Å². The van der Waals surface area contributed by atoms with Crippen LogP contribution in [0.4, 0.5) is 0 Å². The summed E-state index contributed by atoms with van der Waals surface area (Å²) in [5.41, 5.74) is 1.46. The molecule has 0 heterocycles. The third-order valence-corrected chi connectivity index (χ3v) is 4.38. The van der Waals surface area contributed by atoms with Crippen LogP contribution in [-0.2, 0) is 17.4 Å². The Morgan fingerprint density at radius 2 is 1.12 bits per heavy atom. The van der Waals surface area contributed by atoms with Crippen molar-refractivity contribution in [3.8, 4) is 11.5 Å². The number of hydrogen-bond donors (Lipinski definition) is 2. The number of rotatable bonds is 4. The topological polar surface area (TPSA) is 65.2 Å². The monoisotopic (exact) mass is 501 g/mol. The van der Waals surface area contributed by atoms with Crippen molar-refractivity contribution in [2.75, 3.05) is 0 Å². The van der Waals surface area contributed by atoms with Crippen molar-refractivity contribution in [2.45, 2.75) is 37.8 Å². The molecule has 0 saturated heterocycles. The van der Waals surface area contributed by atoms with E-state index >= 15 is 0 Å². The van der Waals surface area contributed by atoms with E-state index in [0.717, 1.165) is 36.8 Å². The third-order valence-electron chi connectivity index (χ3n) is 4.38. The van der Waals surface area contributed by atoms with Crippen molar-refractivity contribution in [3.05, 3.63) is 59.7 Å². The van der Waals surface area contributed by atoms with Gasteiger partial charge in [0.1, 0.15) is 11.5 Å². The summed E-state index contributed by atoms with van der Waals surface area (Å²) in [6, 6.07) is 14.6. The van der Waals surface area contributed by atoms with Crippen molar-refractivity contribution in [3.63, 3.8) is 0 Å². The molecule has 2 aromatic rings. The number of para-hydroxylation sites is 2. The molecule has 0 spiro atoms. The van der Waals surface area contributed by atoms with Crippen molar-refractivity contribution in [1.29, 1.82) is 0 Å². The number of phenolic OH excluding ortho intramolecular Hbond substituents is 2. The van der Waals surface area contributed by atoms with Crippen molar-refractivity contribution in [2.24, 2.45) is 9.98 Å². The van der Waals surface area contributed by atoms with Gasteiger partial charge in [0.15, 0.2) is 0 Å². The molecule has 0 bridgehead atoms. The zero-order chi connectivity index (χ0) is 16.8. The molecule has 2 atom stereocenters. The molecule has 0 aromatic heterocycles. The average Bonchev–Trinajstić information content (AvgIpc) is 2.61. The summed E-state index contributed by atoms with van der Waals surface area (Å²) in [6.07, 6.45) is 7.76. The second-order valence-corrected chi connectivity index (χ2v) is 6.09. The van der Waals surface area contributed by atoms with E-state index < -0.39 is 0 Å². The van der Waals surface area contributed by atoms with Crippen LogP contribution in [0, 0.1) is 0 Å². The third kappa shape index (κ3) is 6.12. The minimum absolute atomic E-state index is 0. The second kappa shape index (κ2) is 11.4. The number of aromatic hydroxyl groups is 2. The number of halogens is 1. The smallest absolute Gasteiger partial charge is 0.124 e. The standard InChI is InChI=1S/C20H22N2O2.Cr.HI/c23-19-11-5-1-7-15(19)13-21-17-9-3-4-10-18(17)22-14-16-8-2-6-12-20(16)24;;/h1-2,5-8,11-14,17-18,23-24H,3-4,9-10H2;;1H/p-1/t17-,18-;;/m1../s1. The van der Waals surface area contributed by atoms with E-state index in [4.69, 9.17) is 0 Å². The van der Waals surface area contributed by atoms with Crippen LogP contribution in [0.15, 0.2) is 58.5 Å². The second-order valence-electron chi connectivity index (χ2n) is 6.09. The van der Waals surface area contributed by atoms with E-state index in [1.165, 1.54) is 0 Å². The Kier molecular flexibility index (Phi) is 9.92. The molecule has 1 saturated carbocycles. The van der Waals surface area contributed by atoms with Gasteiger partial charge in [-0.25, -0.2) is 0 Å². The SMILES string of the molecule is Oc1ccccc1C=N[C@@H]1CCCC[C@H]1N=Cc1ccccc1O.[Cr].[I-]. The van der Waals surface area contributed by atoms with Crippen molar-refractivity contribution in [1.82, 2.24) is 0 Å². The van der Waals surface area contributed by atoms with Crippen LogP contribution < -0.4 is 24.0 Å². The van der Waals surface area contributed by atoms with Crippen LogP contribution in [0.1, 0.15) is 36.8 Å². The molecule has 26 heavy (non-hydrogen) atoms. The van der Waals surface area contributed by atoms with E-state index in [2.05, 4.69) is 9.98 Å². The minimum atomic E-state index is 0. The largest absolute Gasteiger partial charge is 1.00 e. The number of nitrogens with zero attached hydrogens (tertiary/aromatic N) is 2. The average molecular weight is 501 g/mol. The van der Waals surface area contributed by atoms with E-state index in [1.807, 2.05) is 24.3 Å². The summed E-state index contributed by atoms with van der Waals surface area (Å²) in [4.78, 5) is 9.34. The molecule has 138 valence electrons.